The number of nitrogens with one attached hydrogen (secondary N) is 1. The third-order valence-electron chi connectivity index (χ3n) is 2.78. The van der Waals surface area contributed by atoms with Gasteiger partial charge in [0.1, 0.15) is 0 Å². The Labute approximate surface area is 83.4 Å². The molecule has 2 heterocycles. The molecule has 2 atom stereocenters. The summed E-state index contributed by atoms with van der Waals surface area (Å²) < 4.78 is 22.7. The van der Waals surface area contributed by atoms with Crippen molar-refractivity contribution in [2.45, 2.75) is 32.0 Å². The van der Waals surface area contributed by atoms with Gasteiger partial charge in [0, 0.05) is 6.04 Å². The van der Waals surface area contributed by atoms with Gasteiger partial charge in [-0.15, -0.1) is 0 Å². The number of carbonyl (C=O) groups is 1. The first-order chi connectivity index (χ1) is 6.41. The van der Waals surface area contributed by atoms with Crippen LogP contribution in [0.25, 0.3) is 0 Å². The number of urea groups is 1. The number of amides is 2. The molecule has 2 saturated heterocycles. The lowest BCUT2D eigenvalue weighted by molar-refractivity contribution is 0.190. The minimum atomic E-state index is -2.95. The average Bonchev–Trinajstić information content (AvgIpc) is 2.37. The van der Waals surface area contributed by atoms with E-state index < -0.39 is 9.84 Å². The molecule has 0 spiro atoms. The Balaban J connectivity index is 2.26. The molecule has 5 nitrogen and oxygen atoms in total. The predicted molar refractivity (Wildman–Crippen MR) is 51.7 cm³/mol. The molecule has 2 aliphatic heterocycles. The highest BCUT2D eigenvalue weighted by Gasteiger charge is 2.49. The number of fused-ring (bicyclic) bond motifs is 1. The van der Waals surface area contributed by atoms with Crippen LogP contribution < -0.4 is 5.32 Å². The summed E-state index contributed by atoms with van der Waals surface area (Å²) >= 11 is 0. The molecule has 80 valence electrons. The van der Waals surface area contributed by atoms with Gasteiger partial charge in [-0.1, -0.05) is 0 Å². The van der Waals surface area contributed by atoms with Gasteiger partial charge in [0.05, 0.1) is 23.6 Å². The van der Waals surface area contributed by atoms with Crippen LogP contribution in [0, 0.1) is 0 Å². The molecule has 2 aliphatic rings. The van der Waals surface area contributed by atoms with E-state index >= 15 is 0 Å². The molecular formula is C8H14N2O3S. The highest BCUT2D eigenvalue weighted by atomic mass is 32.2. The topological polar surface area (TPSA) is 66.5 Å². The van der Waals surface area contributed by atoms with Crippen molar-refractivity contribution >= 4 is 15.9 Å². The number of nitrogens with zero attached hydrogens (tertiary/aromatic N) is 1. The second-order valence-corrected chi connectivity index (χ2v) is 6.36. The highest BCUT2D eigenvalue weighted by Crippen LogP contribution is 2.25. The summed E-state index contributed by atoms with van der Waals surface area (Å²) in [5, 5.41) is 2.71. The first-order valence-corrected chi connectivity index (χ1v) is 6.52. The van der Waals surface area contributed by atoms with Crippen LogP contribution in [0.3, 0.4) is 0 Å². The van der Waals surface area contributed by atoms with Crippen LogP contribution in [0.15, 0.2) is 0 Å². The van der Waals surface area contributed by atoms with E-state index in [9.17, 15) is 13.2 Å². The fraction of sp³-hybridized carbons (Fsp3) is 0.875. The van der Waals surface area contributed by atoms with Crippen molar-refractivity contribution < 1.29 is 13.2 Å². The molecule has 0 unspecified atom stereocenters. The Morgan fingerprint density at radius 3 is 2.64 bits per heavy atom. The summed E-state index contributed by atoms with van der Waals surface area (Å²) in [6, 6.07) is -0.439. The fourth-order valence-corrected chi connectivity index (χ4v) is 4.14. The van der Waals surface area contributed by atoms with E-state index in [4.69, 9.17) is 0 Å². The van der Waals surface area contributed by atoms with E-state index in [2.05, 4.69) is 5.32 Å². The summed E-state index contributed by atoms with van der Waals surface area (Å²) in [5.41, 5.74) is 0. The lowest BCUT2D eigenvalue weighted by atomic mass is 10.1. The molecule has 0 bridgehead atoms. The second-order valence-electron chi connectivity index (χ2n) is 4.20. The van der Waals surface area contributed by atoms with Crippen LogP contribution in [0.1, 0.15) is 13.8 Å². The van der Waals surface area contributed by atoms with Gasteiger partial charge in [-0.2, -0.15) is 0 Å². The zero-order chi connectivity index (χ0) is 10.5. The Kier molecular flexibility index (Phi) is 1.99. The Bertz CT molecular complexity index is 363. The molecule has 1 N–H and O–H groups in total. The van der Waals surface area contributed by atoms with Crippen LogP contribution in [0.2, 0.25) is 0 Å². The van der Waals surface area contributed by atoms with Gasteiger partial charge in [0.25, 0.3) is 0 Å². The lowest BCUT2D eigenvalue weighted by Gasteiger charge is -2.25. The molecule has 0 aromatic heterocycles. The molecule has 2 amide bonds. The minimum absolute atomic E-state index is 0.0540. The van der Waals surface area contributed by atoms with Gasteiger partial charge >= 0.3 is 6.03 Å². The van der Waals surface area contributed by atoms with Crippen LogP contribution in [0.5, 0.6) is 0 Å². The van der Waals surface area contributed by atoms with E-state index in [1.807, 2.05) is 13.8 Å². The Hall–Kier alpha value is -0.780. The van der Waals surface area contributed by atoms with E-state index in [1.54, 1.807) is 4.90 Å². The number of hydrogen-bond donors (Lipinski definition) is 1. The molecule has 6 heteroatoms. The maximum absolute atomic E-state index is 11.5. The highest BCUT2D eigenvalue weighted by molar-refractivity contribution is 7.91. The number of rotatable bonds is 1. The number of hydrogen-bond acceptors (Lipinski definition) is 3. The smallest absolute Gasteiger partial charge is 0.318 e. The third kappa shape index (κ3) is 1.37. The average molecular weight is 218 g/mol. The standard InChI is InChI=1S/C8H14N2O3S/c1-5(2)10-7-4-14(12,13)3-6(7)9-8(10)11/h5-7H,3-4H2,1-2H3,(H,9,11)/t6-,7-/m1/s1. The molecule has 0 aromatic carbocycles. The van der Waals surface area contributed by atoms with Crippen molar-refractivity contribution in [2.75, 3.05) is 11.5 Å². The van der Waals surface area contributed by atoms with Gasteiger partial charge in [0.2, 0.25) is 0 Å². The normalized spacial score (nSPS) is 34.8. The molecule has 2 fully saturated rings. The van der Waals surface area contributed by atoms with Gasteiger partial charge in [-0.05, 0) is 13.8 Å². The Morgan fingerprint density at radius 1 is 1.43 bits per heavy atom. The first kappa shape index (κ1) is 9.76. The van der Waals surface area contributed by atoms with Crippen molar-refractivity contribution in [3.63, 3.8) is 0 Å². The SMILES string of the molecule is CC(C)N1C(=O)N[C@@H]2CS(=O)(=O)C[C@H]21. The van der Waals surface area contributed by atoms with E-state index in [-0.39, 0.29) is 35.7 Å². The summed E-state index contributed by atoms with van der Waals surface area (Å²) in [7, 11) is -2.95. The lowest BCUT2D eigenvalue weighted by Crippen LogP contribution is -2.41. The van der Waals surface area contributed by atoms with Crippen LogP contribution in [0.4, 0.5) is 4.79 Å². The maximum Gasteiger partial charge on any atom is 0.318 e. The first-order valence-electron chi connectivity index (χ1n) is 4.70. The second kappa shape index (κ2) is 2.85. The van der Waals surface area contributed by atoms with Crippen LogP contribution >= 0.6 is 0 Å². The maximum atomic E-state index is 11.5. The molecule has 2 rings (SSSR count). The molecule has 0 radical (unpaired) electrons. The van der Waals surface area contributed by atoms with E-state index in [0.717, 1.165) is 0 Å². The quantitative estimate of drug-likeness (QED) is 0.608. The monoisotopic (exact) mass is 218 g/mol. The number of sulfone groups is 1. The molecule has 0 aromatic rings. The zero-order valence-electron chi connectivity index (χ0n) is 8.23. The zero-order valence-corrected chi connectivity index (χ0v) is 9.04. The largest absolute Gasteiger partial charge is 0.332 e. The van der Waals surface area contributed by atoms with Crippen molar-refractivity contribution in [3.8, 4) is 0 Å². The summed E-state index contributed by atoms with van der Waals surface area (Å²) in [4.78, 5) is 13.1. The summed E-state index contributed by atoms with van der Waals surface area (Å²) in [5.74, 6) is 0.196. The van der Waals surface area contributed by atoms with Crippen LogP contribution in [-0.2, 0) is 9.84 Å². The predicted octanol–water partition coefficient (Wildman–Crippen LogP) is -0.414. The Morgan fingerprint density at radius 2 is 2.07 bits per heavy atom. The van der Waals surface area contributed by atoms with Gasteiger partial charge in [0.15, 0.2) is 9.84 Å². The molecule has 0 saturated carbocycles. The summed E-state index contributed by atoms with van der Waals surface area (Å²) in [6.07, 6.45) is 0. The molecule has 14 heavy (non-hydrogen) atoms. The number of carbonyl (C=O) groups excluding carboxylic acids is 1. The van der Waals surface area contributed by atoms with E-state index in [0.29, 0.717) is 0 Å². The third-order valence-corrected chi connectivity index (χ3v) is 4.50. The van der Waals surface area contributed by atoms with Gasteiger partial charge < -0.3 is 10.2 Å². The minimum Gasteiger partial charge on any atom is -0.332 e. The van der Waals surface area contributed by atoms with Gasteiger partial charge in [-0.3, -0.25) is 0 Å². The molecular weight excluding hydrogens is 204 g/mol. The fourth-order valence-electron chi connectivity index (χ4n) is 2.24. The van der Waals surface area contributed by atoms with Crippen molar-refractivity contribution in [3.05, 3.63) is 0 Å². The molecule has 0 aliphatic carbocycles. The van der Waals surface area contributed by atoms with Crippen molar-refractivity contribution in [2.24, 2.45) is 0 Å². The van der Waals surface area contributed by atoms with E-state index in [1.165, 1.54) is 0 Å². The van der Waals surface area contributed by atoms with Crippen molar-refractivity contribution in [1.82, 2.24) is 10.2 Å². The van der Waals surface area contributed by atoms with Crippen LogP contribution in [-0.4, -0.2) is 49.0 Å². The summed E-state index contributed by atoms with van der Waals surface area (Å²) in [6.45, 7) is 3.79. The van der Waals surface area contributed by atoms with Crippen molar-refractivity contribution in [1.29, 1.82) is 0 Å². The van der Waals surface area contributed by atoms with Gasteiger partial charge in [-0.25, -0.2) is 13.2 Å².